The molecule has 1 aliphatic heterocycles. The third kappa shape index (κ3) is 5.26. The van der Waals surface area contributed by atoms with Gasteiger partial charge in [-0.3, -0.25) is 15.0 Å². The number of aliphatic carboxylic acids is 1. The number of benzene rings is 1. The Bertz CT molecular complexity index is 687. The molecule has 10 heteroatoms. The molecule has 2 atom stereocenters. The summed E-state index contributed by atoms with van der Waals surface area (Å²) in [6, 6.07) is 4.62. The summed E-state index contributed by atoms with van der Waals surface area (Å²) in [5.41, 5.74) is 0.516. The van der Waals surface area contributed by atoms with E-state index in [9.17, 15) is 24.8 Å². The fourth-order valence-corrected chi connectivity index (χ4v) is 3.93. The van der Waals surface area contributed by atoms with Crippen molar-refractivity contribution in [1.29, 1.82) is 0 Å². The molecule has 1 amide bonds. The van der Waals surface area contributed by atoms with E-state index >= 15 is 0 Å². The zero-order chi connectivity index (χ0) is 19.5. The van der Waals surface area contributed by atoms with Crippen molar-refractivity contribution in [2.45, 2.75) is 44.8 Å². The summed E-state index contributed by atoms with van der Waals surface area (Å²) in [6.45, 7) is 6.06. The SMILES string of the molecule is C[Si](C)(C)O[C@@H]1C[C@@H](C(=O)O)N(C(=O)OCc2ccc([N+](=O)[O-])cc2)C1. The molecule has 1 heterocycles. The second kappa shape index (κ2) is 7.83. The molecule has 1 aliphatic rings. The van der Waals surface area contributed by atoms with E-state index in [1.165, 1.54) is 29.2 Å². The first-order valence-electron chi connectivity index (χ1n) is 8.14. The van der Waals surface area contributed by atoms with Crippen LogP contribution in [0.25, 0.3) is 0 Å². The van der Waals surface area contributed by atoms with Crippen LogP contribution in [-0.4, -0.2) is 54.0 Å². The lowest BCUT2D eigenvalue weighted by Crippen LogP contribution is -2.41. The standard InChI is InChI=1S/C16H22N2O7Si/c1-26(2,3)25-13-8-14(15(19)20)17(9-13)16(21)24-10-11-4-6-12(7-5-11)18(22)23/h4-7,13-14H,8-10H2,1-3H3,(H,19,20)/t13-,14+/m1/s1. The molecule has 26 heavy (non-hydrogen) atoms. The summed E-state index contributed by atoms with van der Waals surface area (Å²) in [4.78, 5) is 35.0. The van der Waals surface area contributed by atoms with Gasteiger partial charge in [-0.05, 0) is 37.3 Å². The number of ether oxygens (including phenoxy) is 1. The maximum absolute atomic E-state index is 12.3. The van der Waals surface area contributed by atoms with Gasteiger partial charge < -0.3 is 14.3 Å². The van der Waals surface area contributed by atoms with Crippen LogP contribution >= 0.6 is 0 Å². The number of likely N-dealkylation sites (tertiary alicyclic amines) is 1. The fourth-order valence-electron chi connectivity index (χ4n) is 2.76. The highest BCUT2D eigenvalue weighted by Gasteiger charge is 2.42. The van der Waals surface area contributed by atoms with Crippen molar-refractivity contribution in [3.8, 4) is 0 Å². The van der Waals surface area contributed by atoms with E-state index in [1.807, 2.05) is 19.6 Å². The van der Waals surface area contributed by atoms with Crippen LogP contribution in [0.1, 0.15) is 12.0 Å². The largest absolute Gasteiger partial charge is 0.480 e. The van der Waals surface area contributed by atoms with Crippen molar-refractivity contribution in [1.82, 2.24) is 4.90 Å². The Morgan fingerprint density at radius 2 is 1.92 bits per heavy atom. The lowest BCUT2D eigenvalue weighted by Gasteiger charge is -2.23. The molecule has 1 N–H and O–H groups in total. The highest BCUT2D eigenvalue weighted by atomic mass is 28.4. The van der Waals surface area contributed by atoms with Gasteiger partial charge in [-0.15, -0.1) is 0 Å². The lowest BCUT2D eigenvalue weighted by molar-refractivity contribution is -0.384. The number of hydrogen-bond acceptors (Lipinski definition) is 6. The molecule has 0 aromatic heterocycles. The normalized spacial score (nSPS) is 20.0. The molecule has 0 unspecified atom stereocenters. The number of non-ortho nitro benzene ring substituents is 1. The Morgan fingerprint density at radius 3 is 2.42 bits per heavy atom. The van der Waals surface area contributed by atoms with Crippen LogP contribution in [-0.2, 0) is 20.6 Å². The van der Waals surface area contributed by atoms with Gasteiger partial charge in [0.05, 0.1) is 11.0 Å². The fraction of sp³-hybridized carbons (Fsp3) is 0.500. The summed E-state index contributed by atoms with van der Waals surface area (Å²) in [7, 11) is -1.86. The predicted octanol–water partition coefficient (Wildman–Crippen LogP) is 2.61. The summed E-state index contributed by atoms with van der Waals surface area (Å²) < 4.78 is 11.1. The third-order valence-electron chi connectivity index (χ3n) is 3.81. The number of carbonyl (C=O) groups excluding carboxylic acids is 1. The van der Waals surface area contributed by atoms with E-state index in [1.54, 1.807) is 0 Å². The van der Waals surface area contributed by atoms with Crippen molar-refractivity contribution in [2.75, 3.05) is 6.54 Å². The smallest absolute Gasteiger partial charge is 0.410 e. The van der Waals surface area contributed by atoms with E-state index in [4.69, 9.17) is 9.16 Å². The maximum atomic E-state index is 12.3. The van der Waals surface area contributed by atoms with Gasteiger partial charge in [0.15, 0.2) is 8.32 Å². The van der Waals surface area contributed by atoms with Crippen LogP contribution in [0, 0.1) is 10.1 Å². The highest BCUT2D eigenvalue weighted by molar-refractivity contribution is 6.69. The van der Waals surface area contributed by atoms with Crippen molar-refractivity contribution in [3.63, 3.8) is 0 Å². The van der Waals surface area contributed by atoms with Crippen molar-refractivity contribution >= 4 is 26.1 Å². The molecule has 1 aromatic rings. The predicted molar refractivity (Wildman–Crippen MR) is 94.2 cm³/mol. The molecule has 1 fully saturated rings. The van der Waals surface area contributed by atoms with Gasteiger partial charge in [0.1, 0.15) is 12.6 Å². The number of nitro groups is 1. The Balaban J connectivity index is 1.98. The van der Waals surface area contributed by atoms with Crippen LogP contribution < -0.4 is 0 Å². The molecule has 142 valence electrons. The van der Waals surface area contributed by atoms with Gasteiger partial charge in [-0.2, -0.15) is 0 Å². The quantitative estimate of drug-likeness (QED) is 0.456. The molecule has 0 aliphatic carbocycles. The van der Waals surface area contributed by atoms with E-state index < -0.39 is 31.3 Å². The van der Waals surface area contributed by atoms with Crippen molar-refractivity contribution in [3.05, 3.63) is 39.9 Å². The molecule has 0 radical (unpaired) electrons. The Labute approximate surface area is 151 Å². The maximum Gasteiger partial charge on any atom is 0.410 e. The molecule has 1 aromatic carbocycles. The molecule has 0 bridgehead atoms. The van der Waals surface area contributed by atoms with E-state index in [0.717, 1.165) is 0 Å². The Kier molecular flexibility index (Phi) is 5.98. The number of amides is 1. The number of nitrogens with zero attached hydrogens (tertiary/aromatic N) is 2. The van der Waals surface area contributed by atoms with Gasteiger partial charge in [-0.25, -0.2) is 9.59 Å². The summed E-state index contributed by atoms with van der Waals surface area (Å²) in [5.74, 6) is -1.10. The number of carboxylic acid groups (broad SMARTS) is 1. The second-order valence-electron chi connectivity index (χ2n) is 7.07. The van der Waals surface area contributed by atoms with Crippen molar-refractivity contribution < 1.29 is 28.8 Å². The van der Waals surface area contributed by atoms with Gasteiger partial charge in [0.25, 0.3) is 5.69 Å². The van der Waals surface area contributed by atoms with Gasteiger partial charge in [-0.1, -0.05) is 0 Å². The zero-order valence-corrected chi connectivity index (χ0v) is 15.9. The minimum atomic E-state index is -1.86. The van der Waals surface area contributed by atoms with Crippen LogP contribution in [0.15, 0.2) is 24.3 Å². The lowest BCUT2D eigenvalue weighted by atomic mass is 10.2. The van der Waals surface area contributed by atoms with Crippen LogP contribution in [0.5, 0.6) is 0 Å². The van der Waals surface area contributed by atoms with Crippen molar-refractivity contribution in [2.24, 2.45) is 0 Å². The first kappa shape index (κ1) is 19.9. The molecule has 1 saturated heterocycles. The molecular weight excluding hydrogens is 360 g/mol. The number of nitro benzene ring substituents is 1. The molecule has 0 spiro atoms. The summed E-state index contributed by atoms with van der Waals surface area (Å²) >= 11 is 0. The Morgan fingerprint density at radius 1 is 1.31 bits per heavy atom. The van der Waals surface area contributed by atoms with Gasteiger partial charge in [0.2, 0.25) is 0 Å². The van der Waals surface area contributed by atoms with E-state index in [0.29, 0.717) is 5.56 Å². The average molecular weight is 382 g/mol. The third-order valence-corrected chi connectivity index (χ3v) is 4.85. The average Bonchev–Trinajstić information content (AvgIpc) is 2.95. The van der Waals surface area contributed by atoms with Gasteiger partial charge in [0, 0.05) is 25.1 Å². The topological polar surface area (TPSA) is 119 Å². The first-order valence-corrected chi connectivity index (χ1v) is 11.5. The number of carboxylic acids is 1. The first-order chi connectivity index (χ1) is 12.1. The van der Waals surface area contributed by atoms with Gasteiger partial charge >= 0.3 is 12.1 Å². The number of carbonyl (C=O) groups is 2. The molecule has 9 nitrogen and oxygen atoms in total. The monoisotopic (exact) mass is 382 g/mol. The zero-order valence-electron chi connectivity index (χ0n) is 14.9. The number of rotatable bonds is 6. The summed E-state index contributed by atoms with van der Waals surface area (Å²) in [6.07, 6.45) is -0.834. The van der Waals surface area contributed by atoms with Crippen LogP contribution in [0.4, 0.5) is 10.5 Å². The molecule has 2 rings (SSSR count). The molecule has 0 saturated carbocycles. The second-order valence-corrected chi connectivity index (χ2v) is 11.5. The minimum absolute atomic E-state index is 0.0584. The van der Waals surface area contributed by atoms with E-state index in [2.05, 4.69) is 0 Å². The summed E-state index contributed by atoms with van der Waals surface area (Å²) in [5, 5.41) is 20.0. The number of hydrogen-bond donors (Lipinski definition) is 1. The minimum Gasteiger partial charge on any atom is -0.480 e. The molecular formula is C16H22N2O7Si. The van der Waals surface area contributed by atoms with Crippen LogP contribution in [0.3, 0.4) is 0 Å². The highest BCUT2D eigenvalue weighted by Crippen LogP contribution is 2.25. The van der Waals surface area contributed by atoms with Crippen LogP contribution in [0.2, 0.25) is 19.6 Å². The Hall–Kier alpha value is -2.46. The van der Waals surface area contributed by atoms with E-state index in [-0.39, 0.29) is 31.4 Å².